The van der Waals surface area contributed by atoms with Gasteiger partial charge < -0.3 is 0 Å². The Bertz CT molecular complexity index is 382. The van der Waals surface area contributed by atoms with Crippen LogP contribution in [0.2, 0.25) is 0 Å². The van der Waals surface area contributed by atoms with E-state index in [0.29, 0.717) is 0 Å². The summed E-state index contributed by atoms with van der Waals surface area (Å²) < 4.78 is 0. The van der Waals surface area contributed by atoms with Gasteiger partial charge in [0.15, 0.2) is 0 Å². The van der Waals surface area contributed by atoms with E-state index in [1.54, 1.807) is 0 Å². The maximum Gasteiger partial charge on any atom is 0.0720 e. The standard InChI is InChI=1S/C14H20NO/c1-11-5-7-12(8-6-11)14(4)10-9-13(2,3)15(14)16/h5-8H,9-10H2,1-4H3. The molecule has 0 N–H and O–H groups in total. The van der Waals surface area contributed by atoms with E-state index >= 15 is 0 Å². The highest BCUT2D eigenvalue weighted by molar-refractivity contribution is 5.29. The predicted octanol–water partition coefficient (Wildman–Crippen LogP) is 3.43. The molecule has 1 saturated heterocycles. The molecule has 1 atom stereocenters. The van der Waals surface area contributed by atoms with E-state index in [9.17, 15) is 5.21 Å². The summed E-state index contributed by atoms with van der Waals surface area (Å²) in [5.74, 6) is 0. The van der Waals surface area contributed by atoms with Crippen LogP contribution in [0, 0.1) is 6.92 Å². The maximum absolute atomic E-state index is 12.4. The van der Waals surface area contributed by atoms with Crippen LogP contribution in [0.3, 0.4) is 0 Å². The van der Waals surface area contributed by atoms with Gasteiger partial charge in [-0.3, -0.25) is 0 Å². The molecule has 2 nitrogen and oxygen atoms in total. The number of hydrogen-bond donors (Lipinski definition) is 0. The molecule has 2 heteroatoms. The first kappa shape index (κ1) is 11.6. The highest BCUT2D eigenvalue weighted by atomic mass is 16.5. The van der Waals surface area contributed by atoms with E-state index in [-0.39, 0.29) is 11.1 Å². The molecule has 1 fully saturated rings. The first-order valence-corrected chi connectivity index (χ1v) is 5.91. The zero-order chi connectivity index (χ0) is 12.0. The summed E-state index contributed by atoms with van der Waals surface area (Å²) in [4.78, 5) is 0. The molecule has 1 heterocycles. The van der Waals surface area contributed by atoms with Crippen molar-refractivity contribution in [3.05, 3.63) is 35.4 Å². The van der Waals surface area contributed by atoms with Crippen LogP contribution in [-0.2, 0) is 10.7 Å². The Morgan fingerprint density at radius 3 is 2.06 bits per heavy atom. The van der Waals surface area contributed by atoms with Crippen LogP contribution in [0.25, 0.3) is 0 Å². The van der Waals surface area contributed by atoms with Crippen molar-refractivity contribution < 1.29 is 5.21 Å². The Balaban J connectivity index is 2.37. The number of hydroxylamine groups is 2. The van der Waals surface area contributed by atoms with Gasteiger partial charge in [-0.2, -0.15) is 0 Å². The van der Waals surface area contributed by atoms with Crippen molar-refractivity contribution >= 4 is 0 Å². The minimum Gasteiger partial charge on any atom is -0.139 e. The lowest BCUT2D eigenvalue weighted by molar-refractivity contribution is -0.252. The topological polar surface area (TPSA) is 23.1 Å². The predicted molar refractivity (Wildman–Crippen MR) is 64.4 cm³/mol. The van der Waals surface area contributed by atoms with Gasteiger partial charge in [0.1, 0.15) is 0 Å². The third kappa shape index (κ3) is 1.66. The summed E-state index contributed by atoms with van der Waals surface area (Å²) in [6.07, 6.45) is 1.90. The smallest absolute Gasteiger partial charge is 0.0720 e. The quantitative estimate of drug-likeness (QED) is 0.708. The monoisotopic (exact) mass is 218 g/mol. The molecule has 1 aliphatic heterocycles. The normalized spacial score (nSPS) is 29.6. The molecular weight excluding hydrogens is 198 g/mol. The minimum absolute atomic E-state index is 0.236. The average Bonchev–Trinajstić information content (AvgIpc) is 2.45. The van der Waals surface area contributed by atoms with Crippen molar-refractivity contribution in [1.82, 2.24) is 5.06 Å². The van der Waals surface area contributed by atoms with Crippen molar-refractivity contribution in [2.45, 2.75) is 51.6 Å². The summed E-state index contributed by atoms with van der Waals surface area (Å²) in [6.45, 7) is 8.18. The largest absolute Gasteiger partial charge is 0.139 e. The van der Waals surface area contributed by atoms with Crippen molar-refractivity contribution in [2.75, 3.05) is 0 Å². The first-order chi connectivity index (χ1) is 7.36. The van der Waals surface area contributed by atoms with Crippen molar-refractivity contribution in [3.8, 4) is 0 Å². The number of nitrogens with zero attached hydrogens (tertiary/aromatic N) is 1. The second-order valence-electron chi connectivity index (χ2n) is 5.75. The fraction of sp³-hybridized carbons (Fsp3) is 0.571. The van der Waals surface area contributed by atoms with Gasteiger partial charge in [0, 0.05) is 5.54 Å². The zero-order valence-electron chi connectivity index (χ0n) is 10.6. The highest BCUT2D eigenvalue weighted by Gasteiger charge is 2.49. The second-order valence-corrected chi connectivity index (χ2v) is 5.75. The van der Waals surface area contributed by atoms with Gasteiger partial charge in [0.25, 0.3) is 0 Å². The van der Waals surface area contributed by atoms with Gasteiger partial charge >= 0.3 is 0 Å². The molecule has 1 aromatic rings. The fourth-order valence-corrected chi connectivity index (χ4v) is 2.59. The molecule has 0 aromatic heterocycles. The Hall–Kier alpha value is -0.860. The SMILES string of the molecule is Cc1ccc(C2(C)CCC(C)(C)N2[O])cc1. The van der Waals surface area contributed by atoms with Crippen LogP contribution < -0.4 is 0 Å². The third-order valence-corrected chi connectivity index (χ3v) is 3.90. The Morgan fingerprint density at radius 2 is 1.62 bits per heavy atom. The lowest BCUT2D eigenvalue weighted by atomic mass is 9.90. The van der Waals surface area contributed by atoms with Gasteiger partial charge in [-0.15, -0.1) is 10.3 Å². The van der Waals surface area contributed by atoms with E-state index in [4.69, 9.17) is 0 Å². The van der Waals surface area contributed by atoms with E-state index in [2.05, 4.69) is 38.1 Å². The van der Waals surface area contributed by atoms with Gasteiger partial charge in [0.05, 0.1) is 5.54 Å². The lowest BCUT2D eigenvalue weighted by Gasteiger charge is -2.35. The average molecular weight is 218 g/mol. The molecule has 16 heavy (non-hydrogen) atoms. The second kappa shape index (κ2) is 3.57. The molecule has 0 saturated carbocycles. The molecule has 0 aliphatic carbocycles. The van der Waals surface area contributed by atoms with Crippen LogP contribution >= 0.6 is 0 Å². The molecule has 1 aromatic carbocycles. The van der Waals surface area contributed by atoms with E-state index in [1.807, 2.05) is 13.8 Å². The molecular formula is C14H20NO. The Morgan fingerprint density at radius 1 is 1.06 bits per heavy atom. The molecule has 2 rings (SSSR count). The van der Waals surface area contributed by atoms with Gasteiger partial charge in [-0.25, -0.2) is 0 Å². The number of hydrogen-bond acceptors (Lipinski definition) is 1. The Labute approximate surface area is 97.9 Å². The molecule has 87 valence electrons. The molecule has 1 aliphatic rings. The third-order valence-electron chi connectivity index (χ3n) is 3.90. The lowest BCUT2D eigenvalue weighted by Crippen LogP contribution is -2.44. The molecule has 0 amide bonds. The fourth-order valence-electron chi connectivity index (χ4n) is 2.59. The van der Waals surface area contributed by atoms with Crippen LogP contribution in [0.1, 0.15) is 44.7 Å². The Kier molecular flexibility index (Phi) is 2.59. The maximum atomic E-state index is 12.4. The van der Waals surface area contributed by atoms with Crippen molar-refractivity contribution in [2.24, 2.45) is 0 Å². The summed E-state index contributed by atoms with van der Waals surface area (Å²) in [5.41, 5.74) is 1.79. The number of aryl methyl sites for hydroxylation is 1. The zero-order valence-corrected chi connectivity index (χ0v) is 10.6. The van der Waals surface area contributed by atoms with E-state index in [0.717, 1.165) is 18.4 Å². The van der Waals surface area contributed by atoms with Crippen molar-refractivity contribution in [3.63, 3.8) is 0 Å². The van der Waals surface area contributed by atoms with Crippen LogP contribution in [0.4, 0.5) is 0 Å². The summed E-state index contributed by atoms with van der Waals surface area (Å²) in [6, 6.07) is 8.34. The van der Waals surface area contributed by atoms with Crippen LogP contribution in [0.15, 0.2) is 24.3 Å². The van der Waals surface area contributed by atoms with E-state index < -0.39 is 0 Å². The molecule has 1 unspecified atom stereocenters. The number of benzene rings is 1. The number of rotatable bonds is 1. The summed E-state index contributed by atoms with van der Waals surface area (Å²) in [5, 5.41) is 13.6. The van der Waals surface area contributed by atoms with Crippen LogP contribution in [-0.4, -0.2) is 10.6 Å². The molecule has 0 spiro atoms. The molecule has 0 bridgehead atoms. The van der Waals surface area contributed by atoms with Gasteiger partial charge in [-0.1, -0.05) is 29.8 Å². The van der Waals surface area contributed by atoms with E-state index in [1.165, 1.54) is 10.6 Å². The summed E-state index contributed by atoms with van der Waals surface area (Å²) >= 11 is 0. The molecule has 1 radical (unpaired) electrons. The van der Waals surface area contributed by atoms with Gasteiger partial charge in [-0.05, 0) is 46.1 Å². The summed E-state index contributed by atoms with van der Waals surface area (Å²) in [7, 11) is 0. The van der Waals surface area contributed by atoms with Crippen molar-refractivity contribution in [1.29, 1.82) is 0 Å². The minimum atomic E-state index is -0.350. The van der Waals surface area contributed by atoms with Crippen LogP contribution in [0.5, 0.6) is 0 Å². The first-order valence-electron chi connectivity index (χ1n) is 5.91. The highest BCUT2D eigenvalue weighted by Crippen LogP contribution is 2.45. The van der Waals surface area contributed by atoms with Gasteiger partial charge in [0.2, 0.25) is 0 Å².